The lowest BCUT2D eigenvalue weighted by Gasteiger charge is -2.37. The van der Waals surface area contributed by atoms with Gasteiger partial charge < -0.3 is 5.32 Å². The molecule has 1 aliphatic carbocycles. The number of hydrogen-bond acceptors (Lipinski definition) is 3. The van der Waals surface area contributed by atoms with Gasteiger partial charge in [0, 0.05) is 27.3 Å². The zero-order valence-electron chi connectivity index (χ0n) is 12.3. The van der Waals surface area contributed by atoms with Crippen LogP contribution in [0.5, 0.6) is 0 Å². The van der Waals surface area contributed by atoms with Gasteiger partial charge in [-0.3, -0.25) is 10.1 Å². The molecular formula is C18H15IN2O2. The van der Waals surface area contributed by atoms with E-state index in [2.05, 4.69) is 58.3 Å². The molecular weight excluding hydrogens is 403 g/mol. The highest BCUT2D eigenvalue weighted by Crippen LogP contribution is 2.50. The average Bonchev–Trinajstić information content (AvgIpc) is 3.04. The third-order valence-corrected chi connectivity index (χ3v) is 5.46. The van der Waals surface area contributed by atoms with Crippen molar-refractivity contribution in [1.29, 1.82) is 0 Å². The maximum atomic E-state index is 10.8. The number of anilines is 1. The molecule has 23 heavy (non-hydrogen) atoms. The lowest BCUT2D eigenvalue weighted by atomic mass is 9.77. The van der Waals surface area contributed by atoms with Crippen molar-refractivity contribution < 1.29 is 4.92 Å². The maximum absolute atomic E-state index is 10.8. The maximum Gasteiger partial charge on any atom is 0.269 e. The van der Waals surface area contributed by atoms with E-state index in [0.29, 0.717) is 11.8 Å². The monoisotopic (exact) mass is 418 g/mol. The van der Waals surface area contributed by atoms with E-state index in [1.165, 1.54) is 14.8 Å². The topological polar surface area (TPSA) is 55.2 Å². The van der Waals surface area contributed by atoms with E-state index in [9.17, 15) is 10.1 Å². The van der Waals surface area contributed by atoms with Crippen molar-refractivity contribution in [3.05, 3.63) is 79.4 Å². The third kappa shape index (κ3) is 2.52. The number of fused-ring (bicyclic) bond motifs is 3. The van der Waals surface area contributed by atoms with Gasteiger partial charge in [0.1, 0.15) is 0 Å². The molecule has 1 N–H and O–H groups in total. The zero-order chi connectivity index (χ0) is 16.0. The van der Waals surface area contributed by atoms with Crippen LogP contribution in [0.2, 0.25) is 0 Å². The van der Waals surface area contributed by atoms with Crippen LogP contribution in [0.3, 0.4) is 0 Å². The Morgan fingerprint density at radius 1 is 1.17 bits per heavy atom. The highest BCUT2D eigenvalue weighted by Gasteiger charge is 2.37. The molecule has 116 valence electrons. The summed E-state index contributed by atoms with van der Waals surface area (Å²) in [5.41, 5.74) is 3.77. The molecule has 0 bridgehead atoms. The number of benzene rings is 2. The van der Waals surface area contributed by atoms with Crippen LogP contribution in [-0.2, 0) is 0 Å². The minimum Gasteiger partial charge on any atom is -0.378 e. The predicted molar refractivity (Wildman–Crippen MR) is 98.6 cm³/mol. The van der Waals surface area contributed by atoms with Crippen LogP contribution < -0.4 is 5.32 Å². The number of halogens is 1. The fraction of sp³-hybridized carbons (Fsp3) is 0.222. The lowest BCUT2D eigenvalue weighted by Crippen LogP contribution is -2.29. The second-order valence-corrected chi connectivity index (χ2v) is 7.30. The number of nitro groups is 1. The first-order valence-corrected chi connectivity index (χ1v) is 8.68. The summed E-state index contributed by atoms with van der Waals surface area (Å²) in [6.45, 7) is 0. The van der Waals surface area contributed by atoms with E-state index in [-0.39, 0.29) is 16.7 Å². The number of allylic oxidation sites excluding steroid dienone is 2. The first kappa shape index (κ1) is 14.7. The van der Waals surface area contributed by atoms with Crippen molar-refractivity contribution in [2.24, 2.45) is 5.92 Å². The summed E-state index contributed by atoms with van der Waals surface area (Å²) in [5.74, 6) is 0.878. The number of nitro benzene ring substituents is 1. The molecule has 1 heterocycles. The summed E-state index contributed by atoms with van der Waals surface area (Å²) in [4.78, 5) is 10.5. The van der Waals surface area contributed by atoms with Crippen molar-refractivity contribution >= 4 is 34.0 Å². The van der Waals surface area contributed by atoms with E-state index in [1.54, 1.807) is 12.1 Å². The Morgan fingerprint density at radius 3 is 2.70 bits per heavy atom. The highest BCUT2D eigenvalue weighted by molar-refractivity contribution is 14.1. The summed E-state index contributed by atoms with van der Waals surface area (Å²) >= 11 is 2.35. The lowest BCUT2D eigenvalue weighted by molar-refractivity contribution is -0.384. The molecule has 0 saturated carbocycles. The Hall–Kier alpha value is -1.89. The molecule has 1 aliphatic heterocycles. The zero-order valence-corrected chi connectivity index (χ0v) is 14.4. The van der Waals surface area contributed by atoms with Gasteiger partial charge in [-0.1, -0.05) is 24.3 Å². The van der Waals surface area contributed by atoms with E-state index < -0.39 is 0 Å². The summed E-state index contributed by atoms with van der Waals surface area (Å²) < 4.78 is 1.25. The molecule has 4 nitrogen and oxygen atoms in total. The SMILES string of the molecule is O=[N+]([O-])c1ccc([C@H]2Nc3ccc(I)cc3[C@H]3C=CC[C@H]32)cc1. The Labute approximate surface area is 147 Å². The van der Waals surface area contributed by atoms with Gasteiger partial charge in [0.25, 0.3) is 5.69 Å². The number of hydrogen-bond donors (Lipinski definition) is 1. The Balaban J connectivity index is 1.73. The molecule has 5 heteroatoms. The third-order valence-electron chi connectivity index (χ3n) is 4.79. The van der Waals surface area contributed by atoms with Gasteiger partial charge in [-0.15, -0.1) is 0 Å². The van der Waals surface area contributed by atoms with Crippen LogP contribution in [-0.4, -0.2) is 4.92 Å². The molecule has 2 aromatic rings. The van der Waals surface area contributed by atoms with Gasteiger partial charge >= 0.3 is 0 Å². The van der Waals surface area contributed by atoms with Crippen molar-refractivity contribution in [2.75, 3.05) is 5.32 Å². The van der Waals surface area contributed by atoms with Crippen LogP contribution >= 0.6 is 22.6 Å². The minimum atomic E-state index is -0.352. The fourth-order valence-electron chi connectivity index (χ4n) is 3.70. The molecule has 4 rings (SSSR count). The summed E-state index contributed by atoms with van der Waals surface area (Å²) in [6.07, 6.45) is 5.59. The molecule has 0 unspecified atom stereocenters. The van der Waals surface area contributed by atoms with Gasteiger partial charge in [-0.25, -0.2) is 0 Å². The van der Waals surface area contributed by atoms with Crippen LogP contribution in [0.4, 0.5) is 11.4 Å². The number of non-ortho nitro benzene ring substituents is 1. The first-order chi connectivity index (χ1) is 11.1. The summed E-state index contributed by atoms with van der Waals surface area (Å²) in [5, 5.41) is 14.5. The normalized spacial score (nSPS) is 24.7. The van der Waals surface area contributed by atoms with Crippen molar-refractivity contribution in [3.8, 4) is 0 Å². The van der Waals surface area contributed by atoms with Crippen LogP contribution in [0.25, 0.3) is 0 Å². The Kier molecular flexibility index (Phi) is 3.60. The number of nitrogens with zero attached hydrogens (tertiary/aromatic N) is 1. The summed E-state index contributed by atoms with van der Waals surface area (Å²) in [7, 11) is 0. The number of rotatable bonds is 2. The van der Waals surface area contributed by atoms with E-state index in [4.69, 9.17) is 0 Å². The fourth-order valence-corrected chi connectivity index (χ4v) is 4.21. The Morgan fingerprint density at radius 2 is 1.96 bits per heavy atom. The van der Waals surface area contributed by atoms with E-state index >= 15 is 0 Å². The Bertz CT molecular complexity index is 801. The molecule has 0 amide bonds. The van der Waals surface area contributed by atoms with Crippen molar-refractivity contribution in [3.63, 3.8) is 0 Å². The van der Waals surface area contributed by atoms with Crippen LogP contribution in [0.15, 0.2) is 54.6 Å². The molecule has 0 fully saturated rings. The molecule has 3 atom stereocenters. The van der Waals surface area contributed by atoms with Crippen LogP contribution in [0.1, 0.15) is 29.5 Å². The van der Waals surface area contributed by atoms with Gasteiger partial charge in [0.2, 0.25) is 0 Å². The molecule has 2 aliphatic rings. The van der Waals surface area contributed by atoms with Gasteiger partial charge in [-0.05, 0) is 64.3 Å². The second-order valence-electron chi connectivity index (χ2n) is 6.06. The standard InChI is InChI=1S/C18H15IN2O2/c19-12-6-9-17-16(10-12)14-2-1-3-15(14)18(20-17)11-4-7-13(8-5-11)21(22)23/h1-2,4-10,14-15,18,20H,3H2/t14-,15+,18+/m0/s1. The second kappa shape index (κ2) is 5.63. The molecule has 0 aromatic heterocycles. The first-order valence-electron chi connectivity index (χ1n) is 7.60. The molecule has 0 saturated heterocycles. The smallest absolute Gasteiger partial charge is 0.269 e. The van der Waals surface area contributed by atoms with E-state index in [1.807, 2.05) is 12.1 Å². The van der Waals surface area contributed by atoms with Crippen LogP contribution in [0, 0.1) is 19.6 Å². The van der Waals surface area contributed by atoms with Gasteiger partial charge in [0.15, 0.2) is 0 Å². The largest absolute Gasteiger partial charge is 0.378 e. The predicted octanol–water partition coefficient (Wildman–Crippen LogP) is 5.03. The van der Waals surface area contributed by atoms with Gasteiger partial charge in [-0.2, -0.15) is 0 Å². The molecule has 2 aromatic carbocycles. The summed E-state index contributed by atoms with van der Waals surface area (Å²) in [6, 6.07) is 13.6. The van der Waals surface area contributed by atoms with E-state index in [0.717, 1.165) is 12.0 Å². The van der Waals surface area contributed by atoms with Crippen molar-refractivity contribution in [1.82, 2.24) is 0 Å². The number of nitrogens with one attached hydrogen (secondary N) is 1. The molecule has 0 spiro atoms. The highest BCUT2D eigenvalue weighted by atomic mass is 127. The molecule has 0 radical (unpaired) electrons. The quantitative estimate of drug-likeness (QED) is 0.322. The average molecular weight is 418 g/mol. The minimum absolute atomic E-state index is 0.139. The van der Waals surface area contributed by atoms with Crippen molar-refractivity contribution in [2.45, 2.75) is 18.4 Å². The van der Waals surface area contributed by atoms with Gasteiger partial charge in [0.05, 0.1) is 11.0 Å².